The van der Waals surface area contributed by atoms with Crippen LogP contribution in [0.4, 0.5) is 0 Å². The van der Waals surface area contributed by atoms with Gasteiger partial charge in [0, 0.05) is 17.1 Å². The number of nitrogens with zero attached hydrogens (tertiary/aromatic N) is 3. The predicted molar refractivity (Wildman–Crippen MR) is 120 cm³/mol. The highest BCUT2D eigenvalue weighted by Crippen LogP contribution is 2.35. The second kappa shape index (κ2) is 9.38. The van der Waals surface area contributed by atoms with Crippen molar-refractivity contribution in [3.8, 4) is 11.5 Å². The lowest BCUT2D eigenvalue weighted by Gasteiger charge is -2.25. The first-order chi connectivity index (χ1) is 14.9. The van der Waals surface area contributed by atoms with Crippen molar-refractivity contribution in [3.63, 3.8) is 0 Å². The second-order valence-corrected chi connectivity index (χ2v) is 8.79. The number of halogens is 2. The van der Waals surface area contributed by atoms with Crippen molar-refractivity contribution in [2.24, 2.45) is 7.05 Å². The van der Waals surface area contributed by atoms with Gasteiger partial charge in [-0.3, -0.25) is 4.79 Å². The minimum absolute atomic E-state index is 0.140. The fraction of sp³-hybridized carbons (Fsp3) is 0.286. The number of hydrogen-bond donors (Lipinski definition) is 1. The minimum atomic E-state index is -0.373. The minimum Gasteiger partial charge on any atom is -0.485 e. The quantitative estimate of drug-likeness (QED) is 0.521. The first kappa shape index (κ1) is 21.8. The molecular weight excluding hydrogens is 459 g/mol. The monoisotopic (exact) mass is 478 g/mol. The summed E-state index contributed by atoms with van der Waals surface area (Å²) in [6.07, 6.45) is -0.373. The molecule has 0 fully saturated rings. The summed E-state index contributed by atoms with van der Waals surface area (Å²) in [5.74, 6) is 2.07. The van der Waals surface area contributed by atoms with Crippen molar-refractivity contribution in [3.05, 3.63) is 63.9 Å². The van der Waals surface area contributed by atoms with Gasteiger partial charge in [0.1, 0.15) is 6.61 Å². The zero-order valence-corrected chi connectivity index (χ0v) is 19.2. The van der Waals surface area contributed by atoms with Crippen LogP contribution in [0.15, 0.2) is 47.6 Å². The number of carbonyl (C=O) groups is 1. The lowest BCUT2D eigenvalue weighted by Crippen LogP contribution is -2.28. The van der Waals surface area contributed by atoms with Crippen LogP contribution < -0.4 is 14.8 Å². The highest BCUT2D eigenvalue weighted by molar-refractivity contribution is 7.99. The summed E-state index contributed by atoms with van der Waals surface area (Å²) in [6.45, 7) is 2.21. The molecule has 3 aromatic rings. The van der Waals surface area contributed by atoms with Crippen LogP contribution in [0.2, 0.25) is 10.0 Å². The van der Waals surface area contributed by atoms with Gasteiger partial charge in [0.2, 0.25) is 5.91 Å². The molecule has 0 aliphatic carbocycles. The number of amides is 1. The van der Waals surface area contributed by atoms with Crippen molar-refractivity contribution >= 4 is 40.9 Å². The molecule has 0 saturated carbocycles. The average Bonchev–Trinajstić information content (AvgIpc) is 3.12. The molecule has 31 heavy (non-hydrogen) atoms. The van der Waals surface area contributed by atoms with Crippen LogP contribution in [-0.4, -0.2) is 33.0 Å². The molecule has 1 N–H and O–H groups in total. The number of para-hydroxylation sites is 2. The van der Waals surface area contributed by atoms with Gasteiger partial charge < -0.3 is 19.4 Å². The van der Waals surface area contributed by atoms with Gasteiger partial charge in [0.15, 0.2) is 28.6 Å². The van der Waals surface area contributed by atoms with Crippen LogP contribution in [0.25, 0.3) is 0 Å². The fourth-order valence-corrected chi connectivity index (χ4v) is 4.52. The smallest absolute Gasteiger partial charge is 0.230 e. The molecule has 4 rings (SSSR count). The van der Waals surface area contributed by atoms with Crippen LogP contribution >= 0.6 is 35.0 Å². The maximum Gasteiger partial charge on any atom is 0.230 e. The fourth-order valence-electron chi connectivity index (χ4n) is 3.22. The van der Waals surface area contributed by atoms with E-state index in [2.05, 4.69) is 15.5 Å². The largest absolute Gasteiger partial charge is 0.485 e. The first-order valence-corrected chi connectivity index (χ1v) is 11.3. The van der Waals surface area contributed by atoms with Gasteiger partial charge in [-0.2, -0.15) is 0 Å². The van der Waals surface area contributed by atoms with E-state index in [0.29, 0.717) is 39.1 Å². The van der Waals surface area contributed by atoms with Gasteiger partial charge in [-0.15, -0.1) is 10.2 Å². The normalized spacial score (nSPS) is 16.1. The maximum atomic E-state index is 12.4. The molecule has 2 atom stereocenters. The highest BCUT2D eigenvalue weighted by Gasteiger charge is 2.27. The third-order valence-electron chi connectivity index (χ3n) is 4.80. The Morgan fingerprint density at radius 3 is 2.81 bits per heavy atom. The molecule has 1 aliphatic rings. The third kappa shape index (κ3) is 4.92. The summed E-state index contributed by atoms with van der Waals surface area (Å²) in [5.41, 5.74) is 0.806. The SMILES string of the molecule is C[C@@H](NC(=O)CSc1nnc([C@H]2COc3ccccc3O2)n1C)c1ccc(Cl)cc1Cl. The van der Waals surface area contributed by atoms with E-state index < -0.39 is 0 Å². The zero-order chi connectivity index (χ0) is 22.0. The molecule has 0 saturated heterocycles. The maximum absolute atomic E-state index is 12.4. The second-order valence-electron chi connectivity index (χ2n) is 7.01. The molecule has 7 nitrogen and oxygen atoms in total. The number of thioether (sulfide) groups is 1. The third-order valence-corrected chi connectivity index (χ3v) is 6.39. The van der Waals surface area contributed by atoms with Crippen molar-refractivity contribution in [1.82, 2.24) is 20.1 Å². The molecule has 0 unspecified atom stereocenters. The van der Waals surface area contributed by atoms with E-state index in [1.54, 1.807) is 12.1 Å². The summed E-state index contributed by atoms with van der Waals surface area (Å²) in [5, 5.41) is 13.1. The van der Waals surface area contributed by atoms with Gasteiger partial charge >= 0.3 is 0 Å². The van der Waals surface area contributed by atoms with Crippen molar-refractivity contribution in [2.75, 3.05) is 12.4 Å². The Kier molecular flexibility index (Phi) is 6.60. The molecule has 0 radical (unpaired) electrons. The molecule has 2 aromatic carbocycles. The standard InChI is InChI=1S/C21H20Cl2N4O3S/c1-12(14-8-7-13(22)9-15(14)23)24-19(28)11-31-21-26-25-20(27(21)2)18-10-29-16-5-3-4-6-17(16)30-18/h3-9,12,18H,10-11H2,1-2H3,(H,24,28)/t12-,18-/m1/s1. The number of fused-ring (bicyclic) bond motifs is 1. The van der Waals surface area contributed by atoms with E-state index in [0.717, 1.165) is 5.56 Å². The van der Waals surface area contributed by atoms with E-state index in [4.69, 9.17) is 32.7 Å². The molecule has 162 valence electrons. The van der Waals surface area contributed by atoms with E-state index in [1.165, 1.54) is 11.8 Å². The van der Waals surface area contributed by atoms with E-state index >= 15 is 0 Å². The van der Waals surface area contributed by atoms with Crippen LogP contribution in [0.3, 0.4) is 0 Å². The van der Waals surface area contributed by atoms with Crippen LogP contribution in [0, 0.1) is 0 Å². The number of carbonyl (C=O) groups excluding carboxylic acids is 1. The highest BCUT2D eigenvalue weighted by atomic mass is 35.5. The van der Waals surface area contributed by atoms with Crippen molar-refractivity contribution in [1.29, 1.82) is 0 Å². The number of aromatic nitrogens is 3. The molecule has 1 aliphatic heterocycles. The number of hydrogen-bond acceptors (Lipinski definition) is 6. The molecule has 1 amide bonds. The molecule has 2 heterocycles. The van der Waals surface area contributed by atoms with Gasteiger partial charge in [-0.1, -0.05) is 53.2 Å². The molecule has 10 heteroatoms. The van der Waals surface area contributed by atoms with E-state index in [-0.39, 0.29) is 23.8 Å². The van der Waals surface area contributed by atoms with Crippen LogP contribution in [0.1, 0.15) is 30.5 Å². The molecule has 0 bridgehead atoms. The Labute approximate surface area is 194 Å². The van der Waals surface area contributed by atoms with Gasteiger partial charge in [0.25, 0.3) is 0 Å². The van der Waals surface area contributed by atoms with Gasteiger partial charge in [0.05, 0.1) is 11.8 Å². The zero-order valence-electron chi connectivity index (χ0n) is 16.8. The van der Waals surface area contributed by atoms with E-state index in [1.807, 2.05) is 48.9 Å². The Morgan fingerprint density at radius 1 is 1.26 bits per heavy atom. The van der Waals surface area contributed by atoms with Crippen molar-refractivity contribution in [2.45, 2.75) is 24.2 Å². The Bertz CT molecular complexity index is 1110. The predicted octanol–water partition coefficient (Wildman–Crippen LogP) is 4.60. The lowest BCUT2D eigenvalue weighted by atomic mass is 10.1. The van der Waals surface area contributed by atoms with Gasteiger partial charge in [-0.25, -0.2) is 0 Å². The number of benzene rings is 2. The summed E-state index contributed by atoms with van der Waals surface area (Å²) >= 11 is 13.5. The summed E-state index contributed by atoms with van der Waals surface area (Å²) in [4.78, 5) is 12.4. The summed E-state index contributed by atoms with van der Waals surface area (Å²) in [6, 6.07) is 12.5. The van der Waals surface area contributed by atoms with Crippen molar-refractivity contribution < 1.29 is 14.3 Å². The van der Waals surface area contributed by atoms with Gasteiger partial charge in [-0.05, 0) is 36.8 Å². The molecule has 1 aromatic heterocycles. The Balaban J connectivity index is 1.35. The van der Waals surface area contributed by atoms with Crippen LogP contribution in [-0.2, 0) is 11.8 Å². The molecule has 0 spiro atoms. The Morgan fingerprint density at radius 2 is 2.03 bits per heavy atom. The van der Waals surface area contributed by atoms with E-state index in [9.17, 15) is 4.79 Å². The number of rotatable bonds is 6. The molecular formula is C21H20Cl2N4O3S. The number of ether oxygens (including phenoxy) is 2. The van der Waals surface area contributed by atoms with Crippen LogP contribution in [0.5, 0.6) is 11.5 Å². The lowest BCUT2D eigenvalue weighted by molar-refractivity contribution is -0.119. The average molecular weight is 479 g/mol. The summed E-state index contributed by atoms with van der Waals surface area (Å²) in [7, 11) is 1.84. The summed E-state index contributed by atoms with van der Waals surface area (Å²) < 4.78 is 13.6. The first-order valence-electron chi connectivity index (χ1n) is 9.57. The Hall–Kier alpha value is -2.42. The number of nitrogens with one attached hydrogen (secondary N) is 1. The topological polar surface area (TPSA) is 78.3 Å².